The molecule has 0 spiro atoms. The molecule has 3 heteroatoms. The maximum Gasteiger partial charge on any atom is 0 e. The van der Waals surface area contributed by atoms with Crippen LogP contribution in [0.4, 0.5) is 0 Å². The number of benzene rings is 1. The summed E-state index contributed by atoms with van der Waals surface area (Å²) in [5.74, 6) is 0.722. The van der Waals surface area contributed by atoms with E-state index in [1.54, 1.807) is 0 Å². The molecule has 0 amide bonds. The predicted molar refractivity (Wildman–Crippen MR) is 70.7 cm³/mol. The molecular formula is C14H23N2W-. The Hall–Kier alpha value is -0.172. The van der Waals surface area contributed by atoms with E-state index in [0.717, 1.165) is 31.8 Å². The average molecular weight is 403 g/mol. The fourth-order valence-electron chi connectivity index (χ4n) is 1.64. The molecule has 0 unspecified atom stereocenters. The molecule has 2 nitrogen and oxygen atoms in total. The second-order valence-corrected chi connectivity index (χ2v) is 4.66. The van der Waals surface area contributed by atoms with Gasteiger partial charge in [0, 0.05) is 21.1 Å². The molecule has 0 aliphatic carbocycles. The molecule has 0 aromatic heterocycles. The van der Waals surface area contributed by atoms with Crippen molar-refractivity contribution in [1.29, 1.82) is 0 Å². The minimum absolute atomic E-state index is 0. The summed E-state index contributed by atoms with van der Waals surface area (Å²) in [4.78, 5) is 0. The first-order chi connectivity index (χ1) is 7.72. The third kappa shape index (κ3) is 7.70. The van der Waals surface area contributed by atoms with E-state index in [9.17, 15) is 0 Å². The van der Waals surface area contributed by atoms with Crippen LogP contribution in [0.1, 0.15) is 25.0 Å². The minimum Gasteiger partial charge on any atom is -0.677 e. The zero-order valence-electron chi connectivity index (χ0n) is 10.8. The molecule has 2 N–H and O–H groups in total. The molecule has 96 valence electrons. The Morgan fingerprint density at radius 2 is 1.59 bits per heavy atom. The maximum absolute atomic E-state index is 7.16. The molecule has 0 heterocycles. The molecule has 0 saturated heterocycles. The molecule has 0 atom stereocenters. The Bertz CT molecular complexity index is 283. The Labute approximate surface area is 120 Å². The molecule has 0 saturated carbocycles. The molecule has 0 aliphatic rings. The normalized spacial score (nSPS) is 10.4. The van der Waals surface area contributed by atoms with Crippen LogP contribution in [0.25, 0.3) is 5.73 Å². The van der Waals surface area contributed by atoms with Gasteiger partial charge in [-0.25, -0.2) is 0 Å². The van der Waals surface area contributed by atoms with E-state index in [1.807, 2.05) is 0 Å². The summed E-state index contributed by atoms with van der Waals surface area (Å²) in [6.07, 6.45) is 1.96. The Balaban J connectivity index is 0.00000256. The number of nitrogens with one attached hydrogen (secondary N) is 2. The maximum atomic E-state index is 7.16. The Kier molecular flexibility index (Phi) is 9.72. The number of hydrogen-bond donors (Lipinski definition) is 1. The first kappa shape index (κ1) is 16.8. The average Bonchev–Trinajstić information content (AvgIpc) is 2.27. The molecule has 0 radical (unpaired) electrons. The molecule has 1 aromatic rings. The van der Waals surface area contributed by atoms with E-state index in [2.05, 4.69) is 43.4 Å². The van der Waals surface area contributed by atoms with Crippen molar-refractivity contribution in [3.05, 3.63) is 41.1 Å². The van der Waals surface area contributed by atoms with Gasteiger partial charge in [0.05, 0.1) is 0 Å². The summed E-state index contributed by atoms with van der Waals surface area (Å²) in [6.45, 7) is 7.08. The van der Waals surface area contributed by atoms with Crippen molar-refractivity contribution in [1.82, 2.24) is 5.32 Å². The van der Waals surface area contributed by atoms with Gasteiger partial charge in [-0.15, -0.1) is 6.54 Å². The van der Waals surface area contributed by atoms with Crippen molar-refractivity contribution in [3.63, 3.8) is 0 Å². The van der Waals surface area contributed by atoms with Crippen molar-refractivity contribution in [3.8, 4) is 0 Å². The van der Waals surface area contributed by atoms with Gasteiger partial charge in [-0.1, -0.05) is 38.1 Å². The van der Waals surface area contributed by atoms with Gasteiger partial charge in [0.25, 0.3) is 0 Å². The van der Waals surface area contributed by atoms with Gasteiger partial charge in [-0.05, 0) is 43.0 Å². The zero-order valence-corrected chi connectivity index (χ0v) is 13.8. The van der Waals surface area contributed by atoms with Gasteiger partial charge < -0.3 is 11.1 Å². The smallest absolute Gasteiger partial charge is 0 e. The van der Waals surface area contributed by atoms with Crippen molar-refractivity contribution in [2.45, 2.75) is 26.7 Å². The third-order valence-electron chi connectivity index (χ3n) is 2.58. The van der Waals surface area contributed by atoms with Gasteiger partial charge in [0.1, 0.15) is 0 Å². The Morgan fingerprint density at radius 1 is 1.06 bits per heavy atom. The Morgan fingerprint density at radius 3 is 2.06 bits per heavy atom. The molecule has 0 aliphatic heterocycles. The third-order valence-corrected chi connectivity index (χ3v) is 2.58. The summed E-state index contributed by atoms with van der Waals surface area (Å²) in [5, 5.41) is 3.44. The largest absolute Gasteiger partial charge is 0.677 e. The zero-order chi connectivity index (χ0) is 11.8. The van der Waals surface area contributed by atoms with Crippen LogP contribution in [0.5, 0.6) is 0 Å². The molecular weight excluding hydrogens is 380 g/mol. The van der Waals surface area contributed by atoms with Crippen molar-refractivity contribution < 1.29 is 21.1 Å². The summed E-state index contributed by atoms with van der Waals surface area (Å²) >= 11 is 0. The molecule has 0 bridgehead atoms. The van der Waals surface area contributed by atoms with Crippen molar-refractivity contribution in [2.75, 3.05) is 19.6 Å². The molecule has 0 fully saturated rings. The first-order valence-corrected chi connectivity index (χ1v) is 6.15. The number of rotatable bonds is 7. The quantitative estimate of drug-likeness (QED) is 0.699. The van der Waals surface area contributed by atoms with Gasteiger partial charge in [0.2, 0.25) is 0 Å². The monoisotopic (exact) mass is 403 g/mol. The van der Waals surface area contributed by atoms with Gasteiger partial charge in [0.15, 0.2) is 0 Å². The van der Waals surface area contributed by atoms with Crippen LogP contribution in [0.15, 0.2) is 24.3 Å². The van der Waals surface area contributed by atoms with E-state index in [4.69, 9.17) is 5.73 Å². The molecule has 1 aromatic carbocycles. The van der Waals surface area contributed by atoms with Crippen LogP contribution in [0.2, 0.25) is 0 Å². The standard InChI is InChI=1S/C14H23N2.W/c1-12(2)11-16-10-8-14-5-3-13(4-6-14)7-9-15;/h3-6,12,15-16H,7-11H2,1-2H3;/q-1;. The van der Waals surface area contributed by atoms with E-state index >= 15 is 0 Å². The van der Waals surface area contributed by atoms with Crippen LogP contribution in [0.3, 0.4) is 0 Å². The van der Waals surface area contributed by atoms with Crippen LogP contribution in [-0.4, -0.2) is 19.6 Å². The van der Waals surface area contributed by atoms with E-state index in [-0.39, 0.29) is 21.1 Å². The van der Waals surface area contributed by atoms with Crippen LogP contribution in [-0.2, 0) is 33.9 Å². The minimum atomic E-state index is 0. The second kappa shape index (κ2) is 9.82. The second-order valence-electron chi connectivity index (χ2n) is 4.66. The summed E-state index contributed by atoms with van der Waals surface area (Å²) in [7, 11) is 0. The molecule has 17 heavy (non-hydrogen) atoms. The fourth-order valence-corrected chi connectivity index (χ4v) is 1.64. The van der Waals surface area contributed by atoms with E-state index < -0.39 is 0 Å². The summed E-state index contributed by atoms with van der Waals surface area (Å²) < 4.78 is 0. The van der Waals surface area contributed by atoms with Gasteiger partial charge in [-0.3, -0.25) is 0 Å². The summed E-state index contributed by atoms with van der Waals surface area (Å²) in [6, 6.07) is 8.66. The van der Waals surface area contributed by atoms with Crippen LogP contribution < -0.4 is 5.32 Å². The predicted octanol–water partition coefficient (Wildman–Crippen LogP) is 3.07. The van der Waals surface area contributed by atoms with Gasteiger partial charge in [-0.2, -0.15) is 0 Å². The van der Waals surface area contributed by atoms with E-state index in [0.29, 0.717) is 6.54 Å². The van der Waals surface area contributed by atoms with Crippen LogP contribution in [0, 0.1) is 5.92 Å². The van der Waals surface area contributed by atoms with Crippen molar-refractivity contribution >= 4 is 0 Å². The molecule has 1 rings (SSSR count). The summed E-state index contributed by atoms with van der Waals surface area (Å²) in [5.41, 5.74) is 9.81. The topological polar surface area (TPSA) is 35.8 Å². The first-order valence-electron chi connectivity index (χ1n) is 6.15. The SMILES string of the molecule is CC(C)CNCCc1ccc(CC[NH-])cc1.[W]. The van der Waals surface area contributed by atoms with Crippen molar-refractivity contribution in [2.24, 2.45) is 5.92 Å². The van der Waals surface area contributed by atoms with E-state index in [1.165, 1.54) is 11.1 Å². The number of hydrogen-bond acceptors (Lipinski definition) is 1. The van der Waals surface area contributed by atoms with Crippen LogP contribution >= 0.6 is 0 Å². The fraction of sp³-hybridized carbons (Fsp3) is 0.571. The van der Waals surface area contributed by atoms with Gasteiger partial charge >= 0.3 is 0 Å².